The van der Waals surface area contributed by atoms with Gasteiger partial charge in [-0.3, -0.25) is 9.80 Å². The molecule has 1 aliphatic heterocycles. The van der Waals surface area contributed by atoms with Crippen LogP contribution in [0.25, 0.3) is 0 Å². The Bertz CT molecular complexity index is 646. The summed E-state index contributed by atoms with van der Waals surface area (Å²) >= 11 is 0. The largest absolute Gasteiger partial charge is 0.374 e. The minimum Gasteiger partial charge on any atom is -0.374 e. The fraction of sp³-hybridized carbons (Fsp3) is 0.579. The molecule has 1 aromatic carbocycles. The lowest BCUT2D eigenvalue weighted by Gasteiger charge is -2.28. The smallest absolute Gasteiger partial charge is 0.240 e. The Balaban J connectivity index is 1.55. The maximum absolute atomic E-state index is 5.38. The zero-order valence-electron chi connectivity index (χ0n) is 15.4. The maximum Gasteiger partial charge on any atom is 0.240 e. The van der Waals surface area contributed by atoms with E-state index in [1.54, 1.807) is 7.11 Å². The molecule has 2 aromatic rings. The van der Waals surface area contributed by atoms with Crippen LogP contribution >= 0.6 is 0 Å². The molecular weight excluding hydrogens is 316 g/mol. The van der Waals surface area contributed by atoms with Crippen molar-refractivity contribution < 1.29 is 9.26 Å². The summed E-state index contributed by atoms with van der Waals surface area (Å²) in [5.41, 5.74) is 1.38. The number of aromatic nitrogens is 2. The average Bonchev–Trinajstić information content (AvgIpc) is 2.99. The first-order chi connectivity index (χ1) is 12.2. The van der Waals surface area contributed by atoms with E-state index in [2.05, 4.69) is 57.2 Å². The molecule has 1 aliphatic rings. The van der Waals surface area contributed by atoms with Gasteiger partial charge in [0.1, 0.15) is 6.10 Å². The predicted molar refractivity (Wildman–Crippen MR) is 96.0 cm³/mol. The van der Waals surface area contributed by atoms with Crippen molar-refractivity contribution in [2.75, 3.05) is 33.3 Å². The van der Waals surface area contributed by atoms with Crippen molar-refractivity contribution in [1.29, 1.82) is 0 Å². The number of hydrogen-bond donors (Lipinski definition) is 0. The van der Waals surface area contributed by atoms with E-state index in [9.17, 15) is 0 Å². The molecule has 0 aliphatic carbocycles. The van der Waals surface area contributed by atoms with Gasteiger partial charge in [-0.15, -0.1) is 0 Å². The zero-order valence-corrected chi connectivity index (χ0v) is 15.4. The number of rotatable bonds is 6. The summed E-state index contributed by atoms with van der Waals surface area (Å²) < 4.78 is 10.6. The lowest BCUT2D eigenvalue weighted by atomic mass is 10.1. The third kappa shape index (κ3) is 4.66. The third-order valence-electron chi connectivity index (χ3n) is 5.01. The van der Waals surface area contributed by atoms with Crippen LogP contribution in [0.4, 0.5) is 0 Å². The van der Waals surface area contributed by atoms with Crippen LogP contribution in [0.1, 0.15) is 49.7 Å². The Kier molecular flexibility index (Phi) is 6.18. The molecule has 1 fully saturated rings. The minimum absolute atomic E-state index is 0.135. The predicted octanol–water partition coefficient (Wildman–Crippen LogP) is 3.05. The topological polar surface area (TPSA) is 54.6 Å². The molecule has 2 atom stereocenters. The molecule has 0 radical (unpaired) electrons. The van der Waals surface area contributed by atoms with Crippen molar-refractivity contribution in [3.63, 3.8) is 0 Å². The standard InChI is InChI=1S/C19H28N4O2/c1-15(17-8-5-4-6-9-17)23-11-7-10-22(12-13-23)14-18-20-19(21-25-18)16(2)24-3/h4-6,8-9,15-16H,7,10-14H2,1-3H3/t15-,16+/m0/s1. The molecule has 0 unspecified atom stereocenters. The van der Waals surface area contributed by atoms with Crippen LogP contribution < -0.4 is 0 Å². The van der Waals surface area contributed by atoms with Gasteiger partial charge in [-0.1, -0.05) is 35.5 Å². The highest BCUT2D eigenvalue weighted by Crippen LogP contribution is 2.22. The van der Waals surface area contributed by atoms with Crippen molar-refractivity contribution >= 4 is 0 Å². The molecule has 136 valence electrons. The van der Waals surface area contributed by atoms with Crippen molar-refractivity contribution in [3.8, 4) is 0 Å². The number of nitrogens with zero attached hydrogens (tertiary/aromatic N) is 4. The van der Waals surface area contributed by atoms with Crippen LogP contribution in [0, 0.1) is 0 Å². The summed E-state index contributed by atoms with van der Waals surface area (Å²) in [6.07, 6.45) is 1.01. The summed E-state index contributed by atoms with van der Waals surface area (Å²) in [6, 6.07) is 11.2. The molecule has 25 heavy (non-hydrogen) atoms. The zero-order chi connectivity index (χ0) is 17.6. The van der Waals surface area contributed by atoms with Crippen molar-refractivity contribution in [3.05, 3.63) is 47.6 Å². The van der Waals surface area contributed by atoms with Gasteiger partial charge >= 0.3 is 0 Å². The molecule has 0 spiro atoms. The molecule has 6 nitrogen and oxygen atoms in total. The van der Waals surface area contributed by atoms with Crippen LogP contribution in [0.15, 0.2) is 34.9 Å². The summed E-state index contributed by atoms with van der Waals surface area (Å²) in [6.45, 7) is 9.14. The Labute approximate surface area is 149 Å². The van der Waals surface area contributed by atoms with Crippen LogP contribution in [-0.2, 0) is 11.3 Å². The number of hydrogen-bond acceptors (Lipinski definition) is 6. The van der Waals surface area contributed by atoms with Gasteiger partial charge in [0, 0.05) is 32.8 Å². The molecule has 6 heteroatoms. The quantitative estimate of drug-likeness (QED) is 0.803. The summed E-state index contributed by atoms with van der Waals surface area (Å²) in [5, 5.41) is 4.01. The monoisotopic (exact) mass is 344 g/mol. The lowest BCUT2D eigenvalue weighted by molar-refractivity contribution is 0.109. The second-order valence-electron chi connectivity index (χ2n) is 6.68. The first kappa shape index (κ1) is 18.0. The molecule has 2 heterocycles. The molecule has 3 rings (SSSR count). The SMILES string of the molecule is CO[C@H](C)c1noc(CN2CCCN([C@@H](C)c3ccccc3)CC2)n1. The normalized spacial score (nSPS) is 19.5. The highest BCUT2D eigenvalue weighted by Gasteiger charge is 2.22. The van der Waals surface area contributed by atoms with Crippen LogP contribution in [-0.4, -0.2) is 53.2 Å². The first-order valence-electron chi connectivity index (χ1n) is 9.04. The Morgan fingerprint density at radius 2 is 1.92 bits per heavy atom. The lowest BCUT2D eigenvalue weighted by Crippen LogP contribution is -2.32. The van der Waals surface area contributed by atoms with Gasteiger partial charge in [-0.25, -0.2) is 0 Å². The second-order valence-corrected chi connectivity index (χ2v) is 6.68. The van der Waals surface area contributed by atoms with E-state index in [1.807, 2.05) is 6.92 Å². The second kappa shape index (κ2) is 8.56. The van der Waals surface area contributed by atoms with E-state index < -0.39 is 0 Å². The summed E-state index contributed by atoms with van der Waals surface area (Å²) in [4.78, 5) is 9.40. The fourth-order valence-corrected chi connectivity index (χ4v) is 3.27. The van der Waals surface area contributed by atoms with E-state index in [-0.39, 0.29) is 6.10 Å². The van der Waals surface area contributed by atoms with Gasteiger partial charge in [-0.2, -0.15) is 4.98 Å². The molecule has 0 amide bonds. The first-order valence-corrected chi connectivity index (χ1v) is 9.04. The van der Waals surface area contributed by atoms with Crippen LogP contribution in [0.3, 0.4) is 0 Å². The third-order valence-corrected chi connectivity index (χ3v) is 5.01. The Hall–Kier alpha value is -1.76. The summed E-state index contributed by atoms with van der Waals surface area (Å²) in [7, 11) is 1.65. The van der Waals surface area contributed by atoms with E-state index in [0.29, 0.717) is 24.3 Å². The Morgan fingerprint density at radius 1 is 1.12 bits per heavy atom. The number of ether oxygens (including phenoxy) is 1. The highest BCUT2D eigenvalue weighted by atomic mass is 16.5. The van der Waals surface area contributed by atoms with Crippen molar-refractivity contribution in [1.82, 2.24) is 19.9 Å². The molecule has 1 saturated heterocycles. The van der Waals surface area contributed by atoms with Gasteiger partial charge < -0.3 is 9.26 Å². The van der Waals surface area contributed by atoms with Gasteiger partial charge in [0.05, 0.1) is 6.54 Å². The summed E-state index contributed by atoms with van der Waals surface area (Å²) in [5.74, 6) is 1.29. The maximum atomic E-state index is 5.38. The van der Waals surface area contributed by atoms with Crippen LogP contribution in [0.5, 0.6) is 0 Å². The minimum atomic E-state index is -0.135. The fourth-order valence-electron chi connectivity index (χ4n) is 3.27. The molecule has 0 saturated carbocycles. The van der Waals surface area contributed by atoms with Crippen molar-refractivity contribution in [2.24, 2.45) is 0 Å². The van der Waals surface area contributed by atoms with Crippen LogP contribution in [0.2, 0.25) is 0 Å². The van der Waals surface area contributed by atoms with Gasteiger partial charge in [-0.05, 0) is 32.4 Å². The van der Waals surface area contributed by atoms with E-state index in [0.717, 1.165) is 32.6 Å². The van der Waals surface area contributed by atoms with E-state index in [4.69, 9.17) is 9.26 Å². The number of methoxy groups -OCH3 is 1. The van der Waals surface area contributed by atoms with Crippen molar-refractivity contribution in [2.45, 2.75) is 39.0 Å². The van der Waals surface area contributed by atoms with Gasteiger partial charge in [0.2, 0.25) is 5.89 Å². The van der Waals surface area contributed by atoms with E-state index in [1.165, 1.54) is 5.56 Å². The average molecular weight is 344 g/mol. The molecule has 0 bridgehead atoms. The Morgan fingerprint density at radius 3 is 2.68 bits per heavy atom. The highest BCUT2D eigenvalue weighted by molar-refractivity contribution is 5.18. The molecule has 1 aromatic heterocycles. The molecular formula is C19H28N4O2. The van der Waals surface area contributed by atoms with Gasteiger partial charge in [0.15, 0.2) is 5.82 Å². The van der Waals surface area contributed by atoms with Gasteiger partial charge in [0.25, 0.3) is 0 Å². The number of benzene rings is 1. The molecule has 0 N–H and O–H groups in total. The van der Waals surface area contributed by atoms with E-state index >= 15 is 0 Å².